The van der Waals surface area contributed by atoms with Gasteiger partial charge in [0.25, 0.3) is 5.56 Å². The van der Waals surface area contributed by atoms with Crippen molar-refractivity contribution in [2.75, 3.05) is 42.9 Å². The normalized spacial score (nSPS) is 21.0. The number of hydrogen-bond donors (Lipinski definition) is 3. The van der Waals surface area contributed by atoms with E-state index in [1.165, 1.54) is 15.2 Å². The van der Waals surface area contributed by atoms with Gasteiger partial charge in [-0.05, 0) is 52.2 Å². The molecule has 2 fully saturated rings. The Kier molecular flexibility index (Phi) is 9.60. The number of ether oxygens (including phenoxy) is 2. The molecule has 1 amide bonds. The van der Waals surface area contributed by atoms with Gasteiger partial charge < -0.3 is 20.1 Å². The van der Waals surface area contributed by atoms with E-state index in [4.69, 9.17) is 21.1 Å². The Balaban J connectivity index is 1.34. The van der Waals surface area contributed by atoms with E-state index in [0.29, 0.717) is 50.4 Å². The number of rotatable bonds is 8. The van der Waals surface area contributed by atoms with Crippen LogP contribution in [-0.2, 0) is 19.7 Å². The largest absolute Gasteiger partial charge is 0.444 e. The fraction of sp³-hybridized carbons (Fsp3) is 0.577. The Morgan fingerprint density at radius 1 is 1.18 bits per heavy atom. The van der Waals surface area contributed by atoms with Gasteiger partial charge in [0.15, 0.2) is 0 Å². The molecule has 0 unspecified atom stereocenters. The number of nitrogens with one attached hydrogen (secondary N) is 3. The Morgan fingerprint density at radius 3 is 2.55 bits per heavy atom. The van der Waals surface area contributed by atoms with Crippen molar-refractivity contribution in [3.63, 3.8) is 0 Å². The van der Waals surface area contributed by atoms with Crippen LogP contribution in [0.5, 0.6) is 0 Å². The summed E-state index contributed by atoms with van der Waals surface area (Å²) in [6.45, 7) is 7.26. The molecule has 3 heterocycles. The number of amides is 1. The third-order valence-corrected chi connectivity index (χ3v) is 8.71. The number of anilines is 2. The Hall–Kier alpha value is -2.87. The van der Waals surface area contributed by atoms with E-state index in [1.807, 2.05) is 6.07 Å². The number of carbonyl (C=O) groups is 1. The molecular weight excluding hydrogens is 560 g/mol. The number of alkyl carbamates (subject to hydrolysis) is 1. The van der Waals surface area contributed by atoms with E-state index in [0.717, 1.165) is 0 Å². The van der Waals surface area contributed by atoms with Crippen molar-refractivity contribution in [2.45, 2.75) is 57.7 Å². The summed E-state index contributed by atoms with van der Waals surface area (Å²) in [6.07, 6.45) is 2.49. The number of piperidine rings is 1. The highest BCUT2D eigenvalue weighted by molar-refractivity contribution is 7.90. The zero-order valence-electron chi connectivity index (χ0n) is 22.9. The summed E-state index contributed by atoms with van der Waals surface area (Å²) in [4.78, 5) is 25.4. The number of para-hydroxylation sites is 1. The van der Waals surface area contributed by atoms with Gasteiger partial charge in [0.1, 0.15) is 10.6 Å². The molecule has 0 radical (unpaired) electrons. The molecule has 14 heteroatoms. The van der Waals surface area contributed by atoms with E-state index in [1.54, 1.807) is 45.0 Å². The van der Waals surface area contributed by atoms with Crippen LogP contribution in [0.15, 0.2) is 41.3 Å². The molecule has 1 aromatic carbocycles. The average Bonchev–Trinajstić information content (AvgIpc) is 2.90. The lowest BCUT2D eigenvalue weighted by Crippen LogP contribution is -2.49. The molecule has 4 rings (SSSR count). The van der Waals surface area contributed by atoms with Gasteiger partial charge in [0, 0.05) is 43.9 Å². The van der Waals surface area contributed by atoms with E-state index >= 15 is 0 Å². The second-order valence-electron chi connectivity index (χ2n) is 11.0. The second-order valence-corrected chi connectivity index (χ2v) is 13.0. The van der Waals surface area contributed by atoms with E-state index < -0.39 is 27.5 Å². The lowest BCUT2D eigenvalue weighted by molar-refractivity contribution is 0.0210. The van der Waals surface area contributed by atoms with E-state index in [2.05, 4.69) is 20.5 Å². The van der Waals surface area contributed by atoms with Crippen LogP contribution in [0.1, 0.15) is 46.1 Å². The van der Waals surface area contributed by atoms with E-state index in [9.17, 15) is 18.0 Å². The Bertz CT molecular complexity index is 1330. The molecule has 0 bridgehead atoms. The maximum atomic E-state index is 13.1. The number of hydrogen-bond acceptors (Lipinski definition) is 8. The smallest absolute Gasteiger partial charge is 0.407 e. The van der Waals surface area contributed by atoms with Gasteiger partial charge in [-0.1, -0.05) is 29.8 Å². The molecule has 2 aliphatic heterocycles. The molecule has 2 aromatic rings. The summed E-state index contributed by atoms with van der Waals surface area (Å²) in [7, 11) is -3.71. The number of aromatic nitrogens is 2. The predicted octanol–water partition coefficient (Wildman–Crippen LogP) is 3.23. The SMILES string of the molecule is CC(C)(C)OC(=O)N[C@H]1CCOC[C@H]1CNc1cnn(C2CCN(S(=O)(=O)Nc3ccccc3)CC2)c(=O)c1Cl. The van der Waals surface area contributed by atoms with Gasteiger partial charge in [-0.3, -0.25) is 9.52 Å². The monoisotopic (exact) mass is 596 g/mol. The van der Waals surface area contributed by atoms with Gasteiger partial charge >= 0.3 is 16.3 Å². The van der Waals surface area contributed by atoms with Crippen LogP contribution in [0.3, 0.4) is 0 Å². The maximum absolute atomic E-state index is 13.1. The van der Waals surface area contributed by atoms with Crippen molar-refractivity contribution in [1.82, 2.24) is 19.4 Å². The van der Waals surface area contributed by atoms with Crippen LogP contribution in [0.2, 0.25) is 5.02 Å². The zero-order valence-corrected chi connectivity index (χ0v) is 24.5. The first-order valence-electron chi connectivity index (χ1n) is 13.3. The molecule has 220 valence electrons. The highest BCUT2D eigenvalue weighted by Crippen LogP contribution is 2.26. The number of nitrogens with zero attached hydrogens (tertiary/aromatic N) is 3. The van der Waals surface area contributed by atoms with Crippen LogP contribution in [0.25, 0.3) is 0 Å². The van der Waals surface area contributed by atoms with Crippen molar-refractivity contribution < 1.29 is 22.7 Å². The summed E-state index contributed by atoms with van der Waals surface area (Å²) < 4.78 is 41.8. The third kappa shape index (κ3) is 7.87. The standard InChI is InChI=1S/C26H37ClN6O6S/c1-26(2,3)39-25(35)30-21-11-14-38-17-18(21)15-28-22-16-29-33(24(34)23(22)27)20-9-12-32(13-10-20)40(36,37)31-19-7-5-4-6-8-19/h4-8,16,18,20-21,28,31H,9-15,17H2,1-3H3,(H,30,35)/t18-,21+/m1/s1. The van der Waals surface area contributed by atoms with E-state index in [-0.39, 0.29) is 36.1 Å². The summed E-state index contributed by atoms with van der Waals surface area (Å²) in [5, 5.41) is 10.4. The topological polar surface area (TPSA) is 144 Å². The van der Waals surface area contributed by atoms with Crippen molar-refractivity contribution >= 4 is 39.3 Å². The highest BCUT2D eigenvalue weighted by atomic mass is 35.5. The van der Waals surface area contributed by atoms with Crippen LogP contribution in [0.4, 0.5) is 16.2 Å². The number of halogens is 1. The Morgan fingerprint density at radius 2 is 1.88 bits per heavy atom. The molecule has 0 aliphatic carbocycles. The first-order valence-corrected chi connectivity index (χ1v) is 15.2. The maximum Gasteiger partial charge on any atom is 0.407 e. The fourth-order valence-electron chi connectivity index (χ4n) is 4.76. The zero-order chi connectivity index (χ0) is 28.9. The Labute approximate surface area is 239 Å². The molecule has 3 N–H and O–H groups in total. The van der Waals surface area contributed by atoms with Crippen molar-refractivity contribution in [3.8, 4) is 0 Å². The molecule has 2 atom stereocenters. The molecule has 0 saturated carbocycles. The van der Waals surface area contributed by atoms with Gasteiger partial charge in [-0.15, -0.1) is 0 Å². The van der Waals surface area contributed by atoms with Crippen molar-refractivity contribution in [3.05, 3.63) is 51.9 Å². The van der Waals surface area contributed by atoms with Gasteiger partial charge in [-0.2, -0.15) is 17.8 Å². The minimum atomic E-state index is -3.71. The summed E-state index contributed by atoms with van der Waals surface area (Å²) in [5.41, 5.74) is -0.171. The van der Waals surface area contributed by atoms with Crippen LogP contribution >= 0.6 is 11.6 Å². The fourth-order valence-corrected chi connectivity index (χ4v) is 6.22. The predicted molar refractivity (Wildman–Crippen MR) is 153 cm³/mol. The van der Waals surface area contributed by atoms with Crippen LogP contribution in [-0.4, -0.2) is 73.1 Å². The third-order valence-electron chi connectivity index (χ3n) is 6.80. The molecule has 2 saturated heterocycles. The van der Waals surface area contributed by atoms with Gasteiger partial charge in [-0.25, -0.2) is 9.48 Å². The molecule has 40 heavy (non-hydrogen) atoms. The summed E-state index contributed by atoms with van der Waals surface area (Å²) >= 11 is 6.45. The van der Waals surface area contributed by atoms with Crippen molar-refractivity contribution in [1.29, 1.82) is 0 Å². The van der Waals surface area contributed by atoms with Gasteiger partial charge in [0.05, 0.1) is 24.5 Å². The quantitative estimate of drug-likeness (QED) is 0.421. The summed E-state index contributed by atoms with van der Waals surface area (Å²) in [6, 6.07) is 8.25. The lowest BCUT2D eigenvalue weighted by atomic mass is 9.95. The molecule has 0 spiro atoms. The highest BCUT2D eigenvalue weighted by Gasteiger charge is 2.31. The first-order chi connectivity index (χ1) is 18.9. The first kappa shape index (κ1) is 30.1. The minimum Gasteiger partial charge on any atom is -0.444 e. The van der Waals surface area contributed by atoms with Crippen LogP contribution in [0, 0.1) is 5.92 Å². The number of carbonyl (C=O) groups excluding carboxylic acids is 1. The lowest BCUT2D eigenvalue weighted by Gasteiger charge is -2.33. The summed E-state index contributed by atoms with van der Waals surface area (Å²) in [5.74, 6) is -0.0736. The number of benzene rings is 1. The minimum absolute atomic E-state index is 0.00387. The molecule has 2 aliphatic rings. The van der Waals surface area contributed by atoms with Crippen molar-refractivity contribution in [2.24, 2.45) is 5.92 Å². The van der Waals surface area contributed by atoms with Crippen LogP contribution < -0.4 is 20.9 Å². The average molecular weight is 597 g/mol. The molecular formula is C26H37ClN6O6S. The molecule has 1 aromatic heterocycles. The van der Waals surface area contributed by atoms with Gasteiger partial charge in [0.2, 0.25) is 0 Å². The second kappa shape index (κ2) is 12.8. The molecule has 12 nitrogen and oxygen atoms in total.